The van der Waals surface area contributed by atoms with Crippen molar-refractivity contribution < 1.29 is 17.1 Å². The SMILES string of the molecule is [Fe+2].[c-]1ccc2c(c1)C=CC2.[c-]1ccc2c(c1)C=CC2. The molecule has 2 aromatic rings. The van der Waals surface area contributed by atoms with Crippen molar-refractivity contribution in [1.82, 2.24) is 0 Å². The van der Waals surface area contributed by atoms with E-state index < -0.39 is 0 Å². The summed E-state index contributed by atoms with van der Waals surface area (Å²) in [5.41, 5.74) is 5.51. The van der Waals surface area contributed by atoms with E-state index in [2.05, 4.69) is 48.6 Å². The fourth-order valence-electron chi connectivity index (χ4n) is 2.26. The minimum atomic E-state index is 0. The summed E-state index contributed by atoms with van der Waals surface area (Å²) in [7, 11) is 0. The van der Waals surface area contributed by atoms with E-state index in [-0.39, 0.29) is 17.1 Å². The van der Waals surface area contributed by atoms with Crippen LogP contribution in [0.5, 0.6) is 0 Å². The standard InChI is InChI=1S/2C9H7.Fe/c2*1-2-5-9-7-3-6-8(9)4-1;/h2*1,3-5,7H,6H2;/q2*-1;+2. The van der Waals surface area contributed by atoms with Crippen LogP contribution in [0.4, 0.5) is 0 Å². The van der Waals surface area contributed by atoms with Crippen molar-refractivity contribution in [2.45, 2.75) is 12.8 Å². The summed E-state index contributed by atoms with van der Waals surface area (Å²) < 4.78 is 0. The molecule has 0 saturated carbocycles. The third-order valence-corrected chi connectivity index (χ3v) is 3.25. The Labute approximate surface area is 125 Å². The van der Waals surface area contributed by atoms with Crippen molar-refractivity contribution in [1.29, 1.82) is 0 Å². The summed E-state index contributed by atoms with van der Waals surface area (Å²) in [5, 5.41) is 0. The molecule has 0 unspecified atom stereocenters. The van der Waals surface area contributed by atoms with Crippen LogP contribution in [0.15, 0.2) is 48.6 Å². The van der Waals surface area contributed by atoms with Gasteiger partial charge in [-0.05, 0) is 12.8 Å². The van der Waals surface area contributed by atoms with Crippen LogP contribution in [0, 0.1) is 12.1 Å². The molecule has 94 valence electrons. The largest absolute Gasteiger partial charge is 2.00 e. The normalized spacial score (nSPS) is 13.1. The molecule has 2 aliphatic rings. The number of hydrogen-bond donors (Lipinski definition) is 0. The van der Waals surface area contributed by atoms with Crippen molar-refractivity contribution in [2.75, 3.05) is 0 Å². The van der Waals surface area contributed by atoms with E-state index >= 15 is 0 Å². The molecule has 2 aliphatic carbocycles. The first kappa shape index (κ1) is 13.9. The fraction of sp³-hybridized carbons (Fsp3) is 0.111. The van der Waals surface area contributed by atoms with E-state index in [0.29, 0.717) is 0 Å². The molecule has 0 heterocycles. The topological polar surface area (TPSA) is 0 Å². The van der Waals surface area contributed by atoms with Crippen molar-refractivity contribution in [2.24, 2.45) is 0 Å². The van der Waals surface area contributed by atoms with Crippen LogP contribution in [-0.2, 0) is 29.9 Å². The molecule has 2 aromatic carbocycles. The van der Waals surface area contributed by atoms with Crippen LogP contribution in [0.25, 0.3) is 12.2 Å². The number of allylic oxidation sites excluding steroid dienone is 2. The van der Waals surface area contributed by atoms with Crippen LogP contribution in [0.3, 0.4) is 0 Å². The zero-order valence-corrected chi connectivity index (χ0v) is 11.6. The summed E-state index contributed by atoms with van der Waals surface area (Å²) in [4.78, 5) is 0. The molecule has 0 radical (unpaired) electrons. The van der Waals surface area contributed by atoms with Gasteiger partial charge in [-0.1, -0.05) is 12.2 Å². The summed E-state index contributed by atoms with van der Waals surface area (Å²) in [6.07, 6.45) is 10.8. The van der Waals surface area contributed by atoms with Crippen LogP contribution >= 0.6 is 0 Å². The maximum Gasteiger partial charge on any atom is 2.00 e. The average molecular weight is 286 g/mol. The van der Waals surface area contributed by atoms with Crippen molar-refractivity contribution in [3.8, 4) is 0 Å². The molecule has 0 saturated heterocycles. The zero-order chi connectivity index (χ0) is 12.2. The van der Waals surface area contributed by atoms with Gasteiger partial charge >= 0.3 is 17.1 Å². The second kappa shape index (κ2) is 6.56. The Bertz CT molecular complexity index is 553. The van der Waals surface area contributed by atoms with Gasteiger partial charge in [0.25, 0.3) is 0 Å². The van der Waals surface area contributed by atoms with Gasteiger partial charge in [0.05, 0.1) is 0 Å². The first-order valence-electron chi connectivity index (χ1n) is 6.24. The van der Waals surface area contributed by atoms with E-state index in [1.165, 1.54) is 22.3 Å². The third kappa shape index (κ3) is 3.26. The van der Waals surface area contributed by atoms with Gasteiger partial charge in [-0.3, -0.25) is 0 Å². The zero-order valence-electron chi connectivity index (χ0n) is 10.5. The third-order valence-electron chi connectivity index (χ3n) is 3.25. The molecule has 1 heteroatoms. The van der Waals surface area contributed by atoms with Crippen LogP contribution < -0.4 is 0 Å². The molecule has 0 nitrogen and oxygen atoms in total. The maximum absolute atomic E-state index is 3.04. The molecule has 0 atom stereocenters. The van der Waals surface area contributed by atoms with Gasteiger partial charge in [-0.15, -0.1) is 34.4 Å². The fourth-order valence-corrected chi connectivity index (χ4v) is 2.26. The van der Waals surface area contributed by atoms with E-state index in [4.69, 9.17) is 0 Å². The molecule has 0 aliphatic heterocycles. The predicted octanol–water partition coefficient (Wildman–Crippen LogP) is 4.11. The Morgan fingerprint density at radius 1 is 0.737 bits per heavy atom. The molecule has 0 aromatic heterocycles. The predicted molar refractivity (Wildman–Crippen MR) is 76.0 cm³/mol. The molecule has 0 bridgehead atoms. The summed E-state index contributed by atoms with van der Waals surface area (Å²) in [5.74, 6) is 0. The van der Waals surface area contributed by atoms with E-state index in [9.17, 15) is 0 Å². The maximum atomic E-state index is 3.04. The second-order valence-electron chi connectivity index (χ2n) is 4.46. The second-order valence-corrected chi connectivity index (χ2v) is 4.46. The van der Waals surface area contributed by atoms with Gasteiger partial charge in [0.1, 0.15) is 0 Å². The van der Waals surface area contributed by atoms with E-state index in [0.717, 1.165) is 12.8 Å². The van der Waals surface area contributed by atoms with E-state index in [1.54, 1.807) is 0 Å². The van der Waals surface area contributed by atoms with Gasteiger partial charge in [0.2, 0.25) is 0 Å². The quantitative estimate of drug-likeness (QED) is 0.505. The molecule has 0 amide bonds. The minimum Gasteiger partial charge on any atom is -0.183 e. The number of fused-ring (bicyclic) bond motifs is 2. The van der Waals surface area contributed by atoms with Gasteiger partial charge < -0.3 is 0 Å². The summed E-state index contributed by atoms with van der Waals surface area (Å²) in [6.45, 7) is 0. The first-order chi connectivity index (χ1) is 8.93. The Balaban J connectivity index is 0.000000133. The van der Waals surface area contributed by atoms with E-state index in [1.807, 2.05) is 24.3 Å². The van der Waals surface area contributed by atoms with Crippen molar-refractivity contribution in [3.63, 3.8) is 0 Å². The molecule has 0 N–H and O–H groups in total. The van der Waals surface area contributed by atoms with Gasteiger partial charge in [-0.25, -0.2) is 0 Å². The average Bonchev–Trinajstić information content (AvgIpc) is 3.08. The van der Waals surface area contributed by atoms with Gasteiger partial charge in [-0.2, -0.15) is 48.5 Å². The molecular formula is C18H14Fe. The molecule has 19 heavy (non-hydrogen) atoms. The molecule has 0 fully saturated rings. The number of rotatable bonds is 0. The monoisotopic (exact) mass is 286 g/mol. The Kier molecular flexibility index (Phi) is 4.79. The molecule has 4 rings (SSSR count). The summed E-state index contributed by atoms with van der Waals surface area (Å²) in [6, 6.07) is 18.3. The van der Waals surface area contributed by atoms with Crippen LogP contribution in [-0.4, -0.2) is 0 Å². The Morgan fingerprint density at radius 2 is 1.21 bits per heavy atom. The van der Waals surface area contributed by atoms with Gasteiger partial charge in [0, 0.05) is 0 Å². The van der Waals surface area contributed by atoms with Gasteiger partial charge in [0.15, 0.2) is 0 Å². The summed E-state index contributed by atoms with van der Waals surface area (Å²) >= 11 is 0. The Hall–Kier alpha value is -1.56. The van der Waals surface area contributed by atoms with Crippen molar-refractivity contribution in [3.05, 3.63) is 82.9 Å². The molecule has 0 spiro atoms. The van der Waals surface area contributed by atoms with Crippen molar-refractivity contribution >= 4 is 12.2 Å². The van der Waals surface area contributed by atoms with Crippen LogP contribution in [0.2, 0.25) is 0 Å². The first-order valence-corrected chi connectivity index (χ1v) is 6.24. The number of hydrogen-bond acceptors (Lipinski definition) is 0. The van der Waals surface area contributed by atoms with Crippen LogP contribution in [0.1, 0.15) is 22.3 Å². The molecular weight excluding hydrogens is 272 g/mol. The number of benzene rings is 2. The minimum absolute atomic E-state index is 0. The smallest absolute Gasteiger partial charge is 0.183 e. The Morgan fingerprint density at radius 3 is 1.63 bits per heavy atom.